The molecule has 0 spiro atoms. The lowest BCUT2D eigenvalue weighted by atomic mass is 10.2. The van der Waals surface area contributed by atoms with Gasteiger partial charge in [-0.1, -0.05) is 30.3 Å². The zero-order valence-corrected chi connectivity index (χ0v) is 13.5. The predicted molar refractivity (Wildman–Crippen MR) is 85.8 cm³/mol. The van der Waals surface area contributed by atoms with Gasteiger partial charge in [-0.2, -0.15) is 0 Å². The third-order valence-corrected chi connectivity index (χ3v) is 4.90. The number of hydrogen-bond donors (Lipinski definition) is 0. The minimum atomic E-state index is -0.718. The zero-order valence-electron chi connectivity index (χ0n) is 12.6. The van der Waals surface area contributed by atoms with Gasteiger partial charge in [0.2, 0.25) is 5.91 Å². The molecule has 1 atom stereocenters. The summed E-state index contributed by atoms with van der Waals surface area (Å²) in [5, 5.41) is 0. The quantitative estimate of drug-likeness (QED) is 0.838. The lowest BCUT2D eigenvalue weighted by molar-refractivity contribution is -0.134. The normalized spacial score (nSPS) is 20.9. The Hall–Kier alpha value is -2.02. The number of Topliss-reactive ketones (excluding diaryl/α,β-unsaturated/α-hetero) is 1. The fourth-order valence-corrected chi connectivity index (χ4v) is 3.66. The molecule has 0 saturated carbocycles. The molecular weight excluding hydrogens is 316 g/mol. The summed E-state index contributed by atoms with van der Waals surface area (Å²) in [6.45, 7) is 0.747. The highest BCUT2D eigenvalue weighted by Crippen LogP contribution is 2.22. The van der Waals surface area contributed by atoms with E-state index in [9.17, 15) is 14.4 Å². The largest absolute Gasteiger partial charge is 0.445 e. The van der Waals surface area contributed by atoms with Crippen molar-refractivity contribution in [2.75, 3.05) is 24.7 Å². The average molecular weight is 334 g/mol. The standard InChI is InChI=1S/C16H18N2O4S/c19-13-8-14(15(20)17-6-7-23-11-17)18(9-13)16(21)22-10-12-4-2-1-3-5-12/h1-5,14H,6-11H2. The van der Waals surface area contributed by atoms with Gasteiger partial charge in [0, 0.05) is 18.7 Å². The molecule has 0 bridgehead atoms. The van der Waals surface area contributed by atoms with Gasteiger partial charge in [-0.15, -0.1) is 11.8 Å². The lowest BCUT2D eigenvalue weighted by Crippen LogP contribution is -2.47. The van der Waals surface area contributed by atoms with Crippen molar-refractivity contribution in [3.8, 4) is 0 Å². The van der Waals surface area contributed by atoms with Gasteiger partial charge in [0.05, 0.1) is 12.4 Å². The van der Waals surface area contributed by atoms with Gasteiger partial charge in [-0.05, 0) is 5.56 Å². The number of carbonyl (C=O) groups excluding carboxylic acids is 3. The molecule has 0 radical (unpaired) electrons. The fourth-order valence-electron chi connectivity index (χ4n) is 2.70. The van der Waals surface area contributed by atoms with Crippen molar-refractivity contribution in [2.24, 2.45) is 0 Å². The highest BCUT2D eigenvalue weighted by atomic mass is 32.2. The summed E-state index contributed by atoms with van der Waals surface area (Å²) < 4.78 is 5.26. The molecule has 1 unspecified atom stereocenters. The van der Waals surface area contributed by atoms with E-state index >= 15 is 0 Å². The van der Waals surface area contributed by atoms with E-state index in [0.29, 0.717) is 12.4 Å². The molecule has 1 aromatic carbocycles. The van der Waals surface area contributed by atoms with Crippen LogP contribution in [-0.4, -0.2) is 58.3 Å². The van der Waals surface area contributed by atoms with Crippen LogP contribution in [0.15, 0.2) is 30.3 Å². The maximum absolute atomic E-state index is 12.5. The van der Waals surface area contributed by atoms with Crippen LogP contribution in [0.3, 0.4) is 0 Å². The van der Waals surface area contributed by atoms with Crippen LogP contribution in [0.2, 0.25) is 0 Å². The number of likely N-dealkylation sites (tertiary alicyclic amines) is 1. The van der Waals surface area contributed by atoms with Crippen molar-refractivity contribution in [3.05, 3.63) is 35.9 Å². The Morgan fingerprint density at radius 3 is 2.74 bits per heavy atom. The van der Waals surface area contributed by atoms with Crippen LogP contribution in [0.5, 0.6) is 0 Å². The Labute approximate surface area is 138 Å². The number of hydrogen-bond acceptors (Lipinski definition) is 5. The molecule has 7 heteroatoms. The average Bonchev–Trinajstić information content (AvgIpc) is 3.22. The van der Waals surface area contributed by atoms with Crippen LogP contribution in [0.1, 0.15) is 12.0 Å². The number of ketones is 1. The Morgan fingerprint density at radius 1 is 1.26 bits per heavy atom. The van der Waals surface area contributed by atoms with E-state index in [4.69, 9.17) is 4.74 Å². The molecule has 2 aliphatic rings. The van der Waals surface area contributed by atoms with Crippen molar-refractivity contribution >= 4 is 29.5 Å². The van der Waals surface area contributed by atoms with Gasteiger partial charge in [-0.25, -0.2) is 4.79 Å². The number of rotatable bonds is 3. The monoisotopic (exact) mass is 334 g/mol. The Morgan fingerprint density at radius 2 is 2.04 bits per heavy atom. The summed E-state index contributed by atoms with van der Waals surface area (Å²) in [5.41, 5.74) is 0.866. The van der Waals surface area contributed by atoms with Gasteiger partial charge < -0.3 is 9.64 Å². The molecule has 3 rings (SSSR count). The van der Waals surface area contributed by atoms with Gasteiger partial charge >= 0.3 is 6.09 Å². The van der Waals surface area contributed by atoms with E-state index in [1.165, 1.54) is 4.90 Å². The van der Waals surface area contributed by atoms with Crippen molar-refractivity contribution in [3.63, 3.8) is 0 Å². The topological polar surface area (TPSA) is 66.9 Å². The first-order chi connectivity index (χ1) is 11.1. The summed E-state index contributed by atoms with van der Waals surface area (Å²) in [6, 6.07) is 8.59. The molecule has 23 heavy (non-hydrogen) atoms. The third kappa shape index (κ3) is 3.67. The van der Waals surface area contributed by atoms with Gasteiger partial charge in [0.1, 0.15) is 12.6 Å². The van der Waals surface area contributed by atoms with Crippen LogP contribution in [0.4, 0.5) is 4.79 Å². The number of carbonyl (C=O) groups is 3. The number of thioether (sulfide) groups is 1. The van der Waals surface area contributed by atoms with Gasteiger partial charge in [-0.3, -0.25) is 14.5 Å². The molecule has 2 heterocycles. The molecule has 0 aliphatic carbocycles. The predicted octanol–water partition coefficient (Wildman–Crippen LogP) is 1.50. The summed E-state index contributed by atoms with van der Waals surface area (Å²) in [6.07, 6.45) is -0.523. The van der Waals surface area contributed by atoms with Crippen LogP contribution in [0.25, 0.3) is 0 Å². The van der Waals surface area contributed by atoms with Gasteiger partial charge in [0.25, 0.3) is 0 Å². The molecule has 2 amide bonds. The van der Waals surface area contributed by atoms with Crippen LogP contribution in [-0.2, 0) is 20.9 Å². The van der Waals surface area contributed by atoms with E-state index in [1.807, 2.05) is 30.3 Å². The van der Waals surface area contributed by atoms with Crippen molar-refractivity contribution < 1.29 is 19.1 Å². The summed E-state index contributed by atoms with van der Waals surface area (Å²) >= 11 is 1.67. The minimum absolute atomic E-state index is 0.0506. The fraction of sp³-hybridized carbons (Fsp3) is 0.438. The van der Waals surface area contributed by atoms with E-state index in [2.05, 4.69) is 0 Å². The molecule has 6 nitrogen and oxygen atoms in total. The highest BCUT2D eigenvalue weighted by molar-refractivity contribution is 7.99. The number of ether oxygens (including phenoxy) is 1. The smallest absolute Gasteiger partial charge is 0.411 e. The first-order valence-electron chi connectivity index (χ1n) is 7.50. The molecule has 0 N–H and O–H groups in total. The van der Waals surface area contributed by atoms with Crippen molar-refractivity contribution in [1.82, 2.24) is 9.80 Å². The second-order valence-corrected chi connectivity index (χ2v) is 6.64. The number of benzene rings is 1. The first kappa shape index (κ1) is 15.9. The molecule has 2 aliphatic heterocycles. The second-order valence-electron chi connectivity index (χ2n) is 5.57. The van der Waals surface area contributed by atoms with E-state index in [1.54, 1.807) is 16.7 Å². The second kappa shape index (κ2) is 7.04. The summed E-state index contributed by atoms with van der Waals surface area (Å²) in [4.78, 5) is 39.5. The molecule has 1 aromatic rings. The third-order valence-electron chi connectivity index (χ3n) is 3.93. The zero-order chi connectivity index (χ0) is 16.2. The minimum Gasteiger partial charge on any atom is -0.445 e. The molecule has 2 fully saturated rings. The van der Waals surface area contributed by atoms with Crippen molar-refractivity contribution in [1.29, 1.82) is 0 Å². The SMILES string of the molecule is O=C1CC(C(=O)N2CCSC2)N(C(=O)OCc2ccccc2)C1. The van der Waals surface area contributed by atoms with E-state index in [0.717, 1.165) is 11.3 Å². The maximum atomic E-state index is 12.5. The van der Waals surface area contributed by atoms with E-state index < -0.39 is 12.1 Å². The molecule has 2 saturated heterocycles. The summed E-state index contributed by atoms with van der Waals surface area (Å²) in [7, 11) is 0. The molecular formula is C16H18N2O4S. The van der Waals surface area contributed by atoms with Gasteiger partial charge in [0.15, 0.2) is 5.78 Å². The molecule has 0 aromatic heterocycles. The number of nitrogens with zero attached hydrogens (tertiary/aromatic N) is 2. The Bertz CT molecular complexity index is 601. The molecule has 122 valence electrons. The van der Waals surface area contributed by atoms with Crippen LogP contribution < -0.4 is 0 Å². The van der Waals surface area contributed by atoms with Crippen LogP contribution >= 0.6 is 11.8 Å². The Balaban J connectivity index is 1.63. The number of amides is 2. The van der Waals surface area contributed by atoms with Crippen LogP contribution in [0, 0.1) is 0 Å². The maximum Gasteiger partial charge on any atom is 0.411 e. The van der Waals surface area contributed by atoms with E-state index in [-0.39, 0.29) is 31.3 Å². The first-order valence-corrected chi connectivity index (χ1v) is 8.66. The lowest BCUT2D eigenvalue weighted by Gasteiger charge is -2.26. The highest BCUT2D eigenvalue weighted by Gasteiger charge is 2.42. The Kier molecular flexibility index (Phi) is 4.85. The van der Waals surface area contributed by atoms with Crippen molar-refractivity contribution in [2.45, 2.75) is 19.1 Å². The summed E-state index contributed by atoms with van der Waals surface area (Å²) in [5.74, 6) is 1.26.